The molecule has 4 nitrogen and oxygen atoms in total. The lowest BCUT2D eigenvalue weighted by atomic mass is 10.3. The van der Waals surface area contributed by atoms with E-state index >= 15 is 0 Å². The largest absolute Gasteiger partial charge is 0.335 e. The number of nitrogens with one attached hydrogen (secondary N) is 2. The molecule has 2 N–H and O–H groups in total. The van der Waals surface area contributed by atoms with Gasteiger partial charge in [-0.25, -0.2) is 4.98 Å². The number of carbonyl (C=O) groups excluding carboxylic acids is 1. The molecule has 0 spiro atoms. The van der Waals surface area contributed by atoms with Gasteiger partial charge in [-0.1, -0.05) is 18.2 Å². The van der Waals surface area contributed by atoms with E-state index in [-0.39, 0.29) is 5.91 Å². The van der Waals surface area contributed by atoms with E-state index in [1.165, 1.54) is 0 Å². The van der Waals surface area contributed by atoms with Crippen molar-refractivity contribution in [2.45, 2.75) is 0 Å². The molecule has 18 heavy (non-hydrogen) atoms. The van der Waals surface area contributed by atoms with Crippen molar-refractivity contribution in [3.05, 3.63) is 60.4 Å². The van der Waals surface area contributed by atoms with E-state index in [0.717, 1.165) is 16.7 Å². The first-order chi connectivity index (χ1) is 8.83. The Kier molecular flexibility index (Phi) is 2.53. The summed E-state index contributed by atoms with van der Waals surface area (Å²) in [6, 6.07) is 14.9. The van der Waals surface area contributed by atoms with Crippen molar-refractivity contribution < 1.29 is 4.79 Å². The summed E-state index contributed by atoms with van der Waals surface area (Å²) in [5.41, 5.74) is 2.00. The van der Waals surface area contributed by atoms with Crippen LogP contribution in [0.1, 0.15) is 10.5 Å². The van der Waals surface area contributed by atoms with Gasteiger partial charge in [0.1, 0.15) is 11.3 Å². The van der Waals surface area contributed by atoms with Crippen molar-refractivity contribution in [3.8, 4) is 0 Å². The molecule has 1 amide bonds. The number of nitrogens with zero attached hydrogens (tertiary/aromatic N) is 1. The fourth-order valence-electron chi connectivity index (χ4n) is 1.80. The first-order valence-corrected chi connectivity index (χ1v) is 5.63. The van der Waals surface area contributed by atoms with Crippen LogP contribution >= 0.6 is 0 Å². The summed E-state index contributed by atoms with van der Waals surface area (Å²) in [7, 11) is 0. The van der Waals surface area contributed by atoms with Crippen LogP contribution in [0.25, 0.3) is 11.0 Å². The number of rotatable bonds is 2. The number of hydrogen-bond donors (Lipinski definition) is 2. The molecule has 1 aromatic carbocycles. The number of benzene rings is 1. The third kappa shape index (κ3) is 1.96. The second-order valence-corrected chi connectivity index (χ2v) is 3.94. The van der Waals surface area contributed by atoms with Crippen molar-refractivity contribution in [1.82, 2.24) is 9.97 Å². The predicted octanol–water partition coefficient (Wildman–Crippen LogP) is 2.82. The van der Waals surface area contributed by atoms with Gasteiger partial charge in [-0.05, 0) is 30.3 Å². The maximum Gasteiger partial charge on any atom is 0.272 e. The molecule has 0 unspecified atom stereocenters. The van der Waals surface area contributed by atoms with Crippen LogP contribution in [0.5, 0.6) is 0 Å². The van der Waals surface area contributed by atoms with Crippen LogP contribution in [0.3, 0.4) is 0 Å². The van der Waals surface area contributed by atoms with Crippen LogP contribution in [0.4, 0.5) is 5.69 Å². The second-order valence-electron chi connectivity index (χ2n) is 3.94. The normalized spacial score (nSPS) is 10.4. The Balaban J connectivity index is 1.88. The minimum Gasteiger partial charge on any atom is -0.335 e. The summed E-state index contributed by atoms with van der Waals surface area (Å²) >= 11 is 0. The van der Waals surface area contributed by atoms with E-state index in [0.29, 0.717) is 5.69 Å². The van der Waals surface area contributed by atoms with E-state index in [1.807, 2.05) is 42.5 Å². The van der Waals surface area contributed by atoms with E-state index in [9.17, 15) is 4.79 Å². The molecule has 2 aromatic heterocycles. The highest BCUT2D eigenvalue weighted by Gasteiger charge is 2.09. The maximum atomic E-state index is 12.0. The Labute approximate surface area is 104 Å². The van der Waals surface area contributed by atoms with Crippen LogP contribution in [-0.4, -0.2) is 15.9 Å². The van der Waals surface area contributed by atoms with Gasteiger partial charge >= 0.3 is 0 Å². The van der Waals surface area contributed by atoms with Gasteiger partial charge in [0, 0.05) is 17.3 Å². The highest BCUT2D eigenvalue weighted by Crippen LogP contribution is 2.14. The van der Waals surface area contributed by atoms with E-state index in [4.69, 9.17) is 0 Å². The third-order valence-corrected chi connectivity index (χ3v) is 2.67. The molecule has 0 radical (unpaired) electrons. The molecule has 0 fully saturated rings. The Hall–Kier alpha value is -2.62. The summed E-state index contributed by atoms with van der Waals surface area (Å²) in [4.78, 5) is 19.2. The van der Waals surface area contributed by atoms with Crippen LogP contribution in [0, 0.1) is 0 Å². The number of aromatic amines is 1. The lowest BCUT2D eigenvalue weighted by Gasteiger charge is -2.02. The summed E-state index contributed by atoms with van der Waals surface area (Å²) < 4.78 is 0. The van der Waals surface area contributed by atoms with Crippen molar-refractivity contribution >= 4 is 22.6 Å². The standard InChI is InChI=1S/C14H11N3O/c18-14(16-11-6-2-1-3-7-11)12-9-10-5-4-8-15-13(10)17-12/h1-9H,(H,15,17)(H,16,18). The summed E-state index contributed by atoms with van der Waals surface area (Å²) in [5, 5.41) is 3.75. The topological polar surface area (TPSA) is 57.8 Å². The number of carbonyl (C=O) groups is 1. The molecule has 2 heterocycles. The summed E-state index contributed by atoms with van der Waals surface area (Å²) in [6.07, 6.45) is 1.69. The number of amides is 1. The summed E-state index contributed by atoms with van der Waals surface area (Å²) in [5.74, 6) is -0.167. The quantitative estimate of drug-likeness (QED) is 0.720. The zero-order chi connectivity index (χ0) is 12.4. The molecule has 0 saturated heterocycles. The van der Waals surface area contributed by atoms with Crippen LogP contribution in [0.15, 0.2) is 54.7 Å². The van der Waals surface area contributed by atoms with Crippen molar-refractivity contribution in [1.29, 1.82) is 0 Å². The second kappa shape index (κ2) is 4.33. The lowest BCUT2D eigenvalue weighted by Crippen LogP contribution is -2.11. The zero-order valence-electron chi connectivity index (χ0n) is 9.55. The van der Waals surface area contributed by atoms with Gasteiger partial charge < -0.3 is 10.3 Å². The van der Waals surface area contributed by atoms with Gasteiger partial charge in [0.15, 0.2) is 0 Å². The molecule has 3 aromatic rings. The number of para-hydroxylation sites is 1. The molecular weight excluding hydrogens is 226 g/mol. The molecular formula is C14H11N3O. The van der Waals surface area contributed by atoms with Gasteiger partial charge in [-0.15, -0.1) is 0 Å². The van der Waals surface area contributed by atoms with Gasteiger partial charge in [0.2, 0.25) is 0 Å². The van der Waals surface area contributed by atoms with Crippen LogP contribution in [0.2, 0.25) is 0 Å². The van der Waals surface area contributed by atoms with Gasteiger partial charge in [0.05, 0.1) is 0 Å². The Morgan fingerprint density at radius 2 is 1.94 bits per heavy atom. The average Bonchev–Trinajstić information content (AvgIpc) is 2.84. The fraction of sp³-hybridized carbons (Fsp3) is 0. The minimum absolute atomic E-state index is 0.167. The van der Waals surface area contributed by atoms with Crippen LogP contribution < -0.4 is 5.32 Å². The Bertz CT molecular complexity index is 655. The molecule has 0 aliphatic rings. The molecule has 0 atom stereocenters. The van der Waals surface area contributed by atoms with E-state index < -0.39 is 0 Å². The predicted molar refractivity (Wildman–Crippen MR) is 70.5 cm³/mol. The number of fused-ring (bicyclic) bond motifs is 1. The maximum absolute atomic E-state index is 12.0. The van der Waals surface area contributed by atoms with Gasteiger partial charge in [-0.2, -0.15) is 0 Å². The van der Waals surface area contributed by atoms with Gasteiger partial charge in [-0.3, -0.25) is 4.79 Å². The van der Waals surface area contributed by atoms with Gasteiger partial charge in [0.25, 0.3) is 5.91 Å². The smallest absolute Gasteiger partial charge is 0.272 e. The first kappa shape index (κ1) is 10.5. The zero-order valence-corrected chi connectivity index (χ0v) is 9.55. The minimum atomic E-state index is -0.167. The highest BCUT2D eigenvalue weighted by atomic mass is 16.1. The fourth-order valence-corrected chi connectivity index (χ4v) is 1.80. The molecule has 0 bridgehead atoms. The summed E-state index contributed by atoms with van der Waals surface area (Å²) in [6.45, 7) is 0. The Morgan fingerprint density at radius 3 is 2.72 bits per heavy atom. The van der Waals surface area contributed by atoms with Crippen LogP contribution in [-0.2, 0) is 0 Å². The molecule has 0 aliphatic carbocycles. The highest BCUT2D eigenvalue weighted by molar-refractivity contribution is 6.05. The number of aromatic nitrogens is 2. The molecule has 3 rings (SSSR count). The van der Waals surface area contributed by atoms with Crippen molar-refractivity contribution in [2.75, 3.05) is 5.32 Å². The molecule has 4 heteroatoms. The van der Waals surface area contributed by atoms with E-state index in [1.54, 1.807) is 12.3 Å². The molecule has 0 aliphatic heterocycles. The third-order valence-electron chi connectivity index (χ3n) is 2.67. The first-order valence-electron chi connectivity index (χ1n) is 5.63. The Morgan fingerprint density at radius 1 is 1.11 bits per heavy atom. The lowest BCUT2D eigenvalue weighted by molar-refractivity contribution is 0.102. The number of anilines is 1. The number of pyridine rings is 1. The SMILES string of the molecule is O=C(Nc1ccccc1)c1cc2cccnc2[nH]1. The monoisotopic (exact) mass is 237 g/mol. The number of H-pyrrole nitrogens is 1. The molecule has 88 valence electrons. The molecule has 0 saturated carbocycles. The number of hydrogen-bond acceptors (Lipinski definition) is 2. The van der Waals surface area contributed by atoms with Crippen molar-refractivity contribution in [3.63, 3.8) is 0 Å². The van der Waals surface area contributed by atoms with Crippen molar-refractivity contribution in [2.24, 2.45) is 0 Å². The van der Waals surface area contributed by atoms with E-state index in [2.05, 4.69) is 15.3 Å². The average molecular weight is 237 g/mol.